The largest absolute Gasteiger partial charge is 0.480 e. The van der Waals surface area contributed by atoms with Crippen LogP contribution < -0.4 is 0 Å². The van der Waals surface area contributed by atoms with E-state index in [9.17, 15) is 4.79 Å². The summed E-state index contributed by atoms with van der Waals surface area (Å²) in [6, 6.07) is 2.04. The Bertz CT molecular complexity index is 397. The maximum absolute atomic E-state index is 10.9. The van der Waals surface area contributed by atoms with Crippen molar-refractivity contribution < 1.29 is 9.90 Å². The molecule has 0 aliphatic carbocycles. The van der Waals surface area contributed by atoms with E-state index >= 15 is 0 Å². The number of aryl methyl sites for hydroxylation is 1. The van der Waals surface area contributed by atoms with E-state index in [-0.39, 0.29) is 12.1 Å². The number of carboxylic acids is 1. The minimum atomic E-state index is -0.805. The molecule has 0 saturated heterocycles. The molecule has 17 heavy (non-hydrogen) atoms. The molecule has 0 aliphatic heterocycles. The minimum absolute atomic E-state index is 0.0391. The van der Waals surface area contributed by atoms with Crippen molar-refractivity contribution in [1.82, 2.24) is 9.88 Å². The van der Waals surface area contributed by atoms with Crippen LogP contribution in [-0.2, 0) is 11.3 Å². The van der Waals surface area contributed by atoms with Crippen molar-refractivity contribution in [2.24, 2.45) is 0 Å². The second-order valence-corrected chi connectivity index (χ2v) is 5.29. The van der Waals surface area contributed by atoms with Crippen molar-refractivity contribution in [1.29, 1.82) is 0 Å². The predicted molar refractivity (Wildman–Crippen MR) is 66.8 cm³/mol. The van der Waals surface area contributed by atoms with Crippen molar-refractivity contribution in [3.63, 3.8) is 0 Å². The van der Waals surface area contributed by atoms with E-state index in [1.54, 1.807) is 12.4 Å². The number of pyridine rings is 1. The zero-order valence-corrected chi connectivity index (χ0v) is 10.9. The van der Waals surface area contributed by atoms with Crippen molar-refractivity contribution >= 4 is 5.97 Å². The molecule has 1 aromatic heterocycles. The molecule has 1 aromatic rings. The summed E-state index contributed by atoms with van der Waals surface area (Å²) < 4.78 is 0. The van der Waals surface area contributed by atoms with Gasteiger partial charge in [0, 0.05) is 24.5 Å². The highest BCUT2D eigenvalue weighted by Crippen LogP contribution is 2.16. The van der Waals surface area contributed by atoms with Gasteiger partial charge in [-0.25, -0.2) is 0 Å². The number of hydrogen-bond donors (Lipinski definition) is 1. The highest BCUT2D eigenvalue weighted by molar-refractivity contribution is 5.69. The van der Waals surface area contributed by atoms with Gasteiger partial charge in [-0.1, -0.05) is 6.07 Å². The lowest BCUT2D eigenvalue weighted by atomic mass is 10.0. The molecule has 4 heteroatoms. The van der Waals surface area contributed by atoms with Crippen LogP contribution in [0.15, 0.2) is 18.5 Å². The van der Waals surface area contributed by atoms with Gasteiger partial charge in [0.15, 0.2) is 0 Å². The quantitative estimate of drug-likeness (QED) is 0.869. The molecule has 0 spiro atoms. The molecule has 1 heterocycles. The Balaban J connectivity index is 2.83. The van der Waals surface area contributed by atoms with Crippen molar-refractivity contribution in [2.45, 2.75) is 39.8 Å². The van der Waals surface area contributed by atoms with Gasteiger partial charge in [-0.2, -0.15) is 0 Å². The fourth-order valence-electron chi connectivity index (χ4n) is 1.62. The van der Waals surface area contributed by atoms with E-state index in [0.717, 1.165) is 11.1 Å². The monoisotopic (exact) mass is 236 g/mol. The van der Waals surface area contributed by atoms with Gasteiger partial charge in [0.05, 0.1) is 6.54 Å². The SMILES string of the molecule is Cc1cncc(CN(CC(=O)O)C(C)(C)C)c1. The van der Waals surface area contributed by atoms with Gasteiger partial charge >= 0.3 is 5.97 Å². The third-order valence-corrected chi connectivity index (χ3v) is 2.58. The van der Waals surface area contributed by atoms with Gasteiger partial charge in [-0.3, -0.25) is 14.7 Å². The Hall–Kier alpha value is -1.42. The molecule has 0 radical (unpaired) electrons. The summed E-state index contributed by atoms with van der Waals surface area (Å²) in [7, 11) is 0. The summed E-state index contributed by atoms with van der Waals surface area (Å²) in [5.74, 6) is -0.805. The third-order valence-electron chi connectivity index (χ3n) is 2.58. The van der Waals surface area contributed by atoms with Crippen LogP contribution in [0.1, 0.15) is 31.9 Å². The molecule has 0 bridgehead atoms. The zero-order chi connectivity index (χ0) is 13.1. The molecule has 0 unspecified atom stereocenters. The molecule has 0 aromatic carbocycles. The van der Waals surface area contributed by atoms with E-state index in [0.29, 0.717) is 6.54 Å². The van der Waals surface area contributed by atoms with Crippen LogP contribution in [0, 0.1) is 6.92 Å². The molecule has 1 N–H and O–H groups in total. The van der Waals surface area contributed by atoms with Gasteiger partial charge in [0.1, 0.15) is 0 Å². The average Bonchev–Trinajstić information content (AvgIpc) is 2.14. The lowest BCUT2D eigenvalue weighted by Gasteiger charge is -2.34. The maximum Gasteiger partial charge on any atom is 0.317 e. The van der Waals surface area contributed by atoms with E-state index in [2.05, 4.69) is 4.98 Å². The summed E-state index contributed by atoms with van der Waals surface area (Å²) >= 11 is 0. The normalized spacial score (nSPS) is 11.8. The molecule has 0 aliphatic rings. The van der Waals surface area contributed by atoms with Crippen molar-refractivity contribution in [3.05, 3.63) is 29.6 Å². The summed E-state index contributed by atoms with van der Waals surface area (Å²) in [6.07, 6.45) is 3.58. The van der Waals surface area contributed by atoms with E-state index in [1.165, 1.54) is 0 Å². The van der Waals surface area contributed by atoms with Crippen molar-refractivity contribution in [2.75, 3.05) is 6.54 Å². The van der Waals surface area contributed by atoms with Crippen LogP contribution in [0.3, 0.4) is 0 Å². The number of aromatic nitrogens is 1. The molecule has 4 nitrogen and oxygen atoms in total. The van der Waals surface area contributed by atoms with Crippen LogP contribution in [0.4, 0.5) is 0 Å². The van der Waals surface area contributed by atoms with Crippen molar-refractivity contribution in [3.8, 4) is 0 Å². The van der Waals surface area contributed by atoms with Gasteiger partial charge in [-0.05, 0) is 38.8 Å². The molecular formula is C13H20N2O2. The Kier molecular flexibility index (Phi) is 4.23. The molecule has 94 valence electrons. The number of hydrogen-bond acceptors (Lipinski definition) is 3. The smallest absolute Gasteiger partial charge is 0.317 e. The predicted octanol–water partition coefficient (Wildman–Crippen LogP) is 2.08. The second-order valence-electron chi connectivity index (χ2n) is 5.29. The van der Waals surface area contributed by atoms with E-state index in [4.69, 9.17) is 5.11 Å². The first-order chi connectivity index (χ1) is 7.79. The number of aliphatic carboxylic acids is 1. The molecule has 0 amide bonds. The zero-order valence-electron chi connectivity index (χ0n) is 10.9. The highest BCUT2D eigenvalue weighted by Gasteiger charge is 2.23. The Labute approximate surface area is 102 Å². The van der Waals surface area contributed by atoms with E-state index < -0.39 is 5.97 Å². The molecule has 0 fully saturated rings. The van der Waals surface area contributed by atoms with Crippen LogP contribution in [0.25, 0.3) is 0 Å². The van der Waals surface area contributed by atoms with Crippen LogP contribution in [-0.4, -0.2) is 33.0 Å². The average molecular weight is 236 g/mol. The highest BCUT2D eigenvalue weighted by atomic mass is 16.4. The maximum atomic E-state index is 10.9. The lowest BCUT2D eigenvalue weighted by molar-refractivity contribution is -0.139. The minimum Gasteiger partial charge on any atom is -0.480 e. The van der Waals surface area contributed by atoms with Gasteiger partial charge in [0.2, 0.25) is 0 Å². The Morgan fingerprint density at radius 1 is 1.41 bits per heavy atom. The Morgan fingerprint density at radius 3 is 2.53 bits per heavy atom. The van der Waals surface area contributed by atoms with Gasteiger partial charge in [0.25, 0.3) is 0 Å². The molecule has 0 saturated carbocycles. The third kappa shape index (κ3) is 4.53. The van der Waals surface area contributed by atoms with Crippen LogP contribution in [0.5, 0.6) is 0 Å². The first-order valence-corrected chi connectivity index (χ1v) is 5.66. The number of carbonyl (C=O) groups is 1. The Morgan fingerprint density at radius 2 is 2.06 bits per heavy atom. The van der Waals surface area contributed by atoms with Crippen LogP contribution >= 0.6 is 0 Å². The lowest BCUT2D eigenvalue weighted by Crippen LogP contribution is -2.43. The topological polar surface area (TPSA) is 53.4 Å². The fourth-order valence-corrected chi connectivity index (χ4v) is 1.62. The first kappa shape index (κ1) is 13.6. The number of nitrogens with zero attached hydrogens (tertiary/aromatic N) is 2. The number of rotatable bonds is 4. The second kappa shape index (κ2) is 5.27. The van der Waals surface area contributed by atoms with E-state index in [1.807, 2.05) is 38.7 Å². The molecular weight excluding hydrogens is 216 g/mol. The summed E-state index contributed by atoms with van der Waals surface area (Å²) in [6.45, 7) is 8.66. The fraction of sp³-hybridized carbons (Fsp3) is 0.538. The summed E-state index contributed by atoms with van der Waals surface area (Å²) in [5.41, 5.74) is 1.95. The summed E-state index contributed by atoms with van der Waals surface area (Å²) in [5, 5.41) is 8.92. The van der Waals surface area contributed by atoms with Crippen LogP contribution in [0.2, 0.25) is 0 Å². The number of carboxylic acid groups (broad SMARTS) is 1. The van der Waals surface area contributed by atoms with Gasteiger partial charge < -0.3 is 5.11 Å². The summed E-state index contributed by atoms with van der Waals surface area (Å²) in [4.78, 5) is 16.9. The standard InChI is InChI=1S/C13H20N2O2/c1-10-5-11(7-14-6-10)8-15(9-12(16)17)13(2,3)4/h5-7H,8-9H2,1-4H3,(H,16,17). The molecule has 0 atom stereocenters. The van der Waals surface area contributed by atoms with Gasteiger partial charge in [-0.15, -0.1) is 0 Å². The first-order valence-electron chi connectivity index (χ1n) is 5.66. The molecule has 1 rings (SSSR count).